The van der Waals surface area contributed by atoms with Gasteiger partial charge < -0.3 is 24.6 Å². The number of nitrogens with one attached hydrogen (secondary N) is 2. The number of aromatic amines is 1. The summed E-state index contributed by atoms with van der Waals surface area (Å²) in [6.07, 6.45) is 2.09. The van der Waals surface area contributed by atoms with Crippen LogP contribution in [-0.4, -0.2) is 83.6 Å². The van der Waals surface area contributed by atoms with Crippen molar-refractivity contribution >= 4 is 24.1 Å². The van der Waals surface area contributed by atoms with Crippen molar-refractivity contribution in [3.8, 4) is 17.2 Å². The number of H-pyrrole nitrogens is 1. The molecule has 0 unspecified atom stereocenters. The van der Waals surface area contributed by atoms with Crippen molar-refractivity contribution in [2.45, 2.75) is 45.1 Å². The lowest BCUT2D eigenvalue weighted by Crippen LogP contribution is -2.44. The predicted molar refractivity (Wildman–Crippen MR) is 130 cm³/mol. The second-order valence-electron chi connectivity index (χ2n) is 8.40. The molecule has 0 radical (unpaired) electrons. The van der Waals surface area contributed by atoms with Crippen LogP contribution in [0.4, 0.5) is 10.6 Å². The minimum absolute atomic E-state index is 0.0258. The number of carbonyl (C=O) groups excluding carboxylic acids is 3. The van der Waals surface area contributed by atoms with Crippen LogP contribution in [-0.2, 0) is 9.53 Å². The van der Waals surface area contributed by atoms with Gasteiger partial charge >= 0.3 is 6.09 Å². The molecular weight excluding hydrogens is 470 g/mol. The topological polar surface area (TPSA) is 146 Å². The van der Waals surface area contributed by atoms with Crippen LogP contribution in [0.5, 0.6) is 17.2 Å². The number of aldehydes is 1. The number of hydrogen-bond donors (Lipinski definition) is 3. The molecule has 1 aromatic carbocycles. The van der Waals surface area contributed by atoms with E-state index in [1.165, 1.54) is 24.3 Å². The van der Waals surface area contributed by atoms with E-state index >= 15 is 0 Å². The highest BCUT2D eigenvalue weighted by molar-refractivity contribution is 5.91. The van der Waals surface area contributed by atoms with Gasteiger partial charge in [0.15, 0.2) is 18.7 Å². The van der Waals surface area contributed by atoms with Crippen molar-refractivity contribution in [1.29, 1.82) is 0 Å². The maximum absolute atomic E-state index is 12.4. The molecule has 196 valence electrons. The first-order valence-corrected chi connectivity index (χ1v) is 11.8. The molecule has 2 amide bonds. The van der Waals surface area contributed by atoms with Gasteiger partial charge in [0.05, 0.1) is 12.7 Å². The van der Waals surface area contributed by atoms with E-state index < -0.39 is 12.5 Å². The molecule has 1 aliphatic carbocycles. The number of phenols is 1. The molecule has 0 aliphatic heterocycles. The Labute approximate surface area is 209 Å². The normalized spacial score (nSPS) is 17.0. The van der Waals surface area contributed by atoms with Crippen LogP contribution in [0.3, 0.4) is 0 Å². The van der Waals surface area contributed by atoms with E-state index in [0.717, 1.165) is 18.5 Å². The summed E-state index contributed by atoms with van der Waals surface area (Å²) in [6, 6.07) is 4.43. The summed E-state index contributed by atoms with van der Waals surface area (Å²) in [6.45, 7) is 4.97. The highest BCUT2D eigenvalue weighted by atomic mass is 16.6. The van der Waals surface area contributed by atoms with Gasteiger partial charge in [0, 0.05) is 49.9 Å². The Morgan fingerprint density at radius 3 is 2.67 bits per heavy atom. The number of aromatic hydroxyl groups is 1. The highest BCUT2D eigenvalue weighted by Gasteiger charge is 2.31. The van der Waals surface area contributed by atoms with E-state index in [1.807, 2.05) is 18.9 Å². The molecule has 1 heterocycles. The SMILES string of the molecule is CCN(CC)N(C)C(=O)O[C@@H]1CC[C@H](c2cc(NC(=O)COc3cc(OC)cc(O)c3C=O)n[nH]2)C1. The number of methoxy groups -OCH3 is 1. The lowest BCUT2D eigenvalue weighted by molar-refractivity contribution is -0.118. The number of nitrogens with zero attached hydrogens (tertiary/aromatic N) is 3. The van der Waals surface area contributed by atoms with Crippen molar-refractivity contribution in [3.63, 3.8) is 0 Å². The Morgan fingerprint density at radius 1 is 1.25 bits per heavy atom. The molecule has 12 heteroatoms. The maximum atomic E-state index is 12.4. The quantitative estimate of drug-likeness (QED) is 0.311. The minimum atomic E-state index is -0.495. The average molecular weight is 504 g/mol. The summed E-state index contributed by atoms with van der Waals surface area (Å²) in [5, 5.41) is 23.0. The summed E-state index contributed by atoms with van der Waals surface area (Å²) < 4.78 is 16.1. The van der Waals surface area contributed by atoms with Crippen LogP contribution in [0, 0.1) is 0 Å². The van der Waals surface area contributed by atoms with Crippen LogP contribution in [0.15, 0.2) is 18.2 Å². The molecule has 3 rings (SSSR count). The fraction of sp³-hybridized carbons (Fsp3) is 0.500. The molecule has 0 saturated heterocycles. The van der Waals surface area contributed by atoms with Crippen LogP contribution in [0.1, 0.15) is 55.1 Å². The Balaban J connectivity index is 1.51. The van der Waals surface area contributed by atoms with E-state index in [-0.39, 0.29) is 40.9 Å². The zero-order chi connectivity index (χ0) is 26.2. The first-order valence-electron chi connectivity index (χ1n) is 11.8. The smallest absolute Gasteiger partial charge is 0.424 e. The predicted octanol–water partition coefficient (Wildman–Crippen LogP) is 2.92. The Kier molecular flexibility index (Phi) is 9.12. The van der Waals surface area contributed by atoms with Crippen molar-refractivity contribution in [2.24, 2.45) is 0 Å². The van der Waals surface area contributed by atoms with E-state index in [0.29, 0.717) is 31.6 Å². The fourth-order valence-corrected chi connectivity index (χ4v) is 4.19. The molecule has 2 aromatic rings. The van der Waals surface area contributed by atoms with Gasteiger partial charge in [0.1, 0.15) is 23.4 Å². The third kappa shape index (κ3) is 6.45. The summed E-state index contributed by atoms with van der Waals surface area (Å²) in [5.41, 5.74) is 0.758. The van der Waals surface area contributed by atoms with Crippen molar-refractivity contribution in [2.75, 3.05) is 39.2 Å². The molecule has 2 atom stereocenters. The number of hydrogen-bond acceptors (Lipinski definition) is 9. The summed E-state index contributed by atoms with van der Waals surface area (Å²) in [5.74, 6) is -0.0549. The standard InChI is InChI=1S/C24H33N5O7/c1-5-29(6-2)28(3)24(33)36-16-8-7-15(9-16)19-12-22(27-26-19)25-23(32)14-35-21-11-17(34-4)10-20(31)18(21)13-30/h10-13,15-16,31H,5-9,14H2,1-4H3,(H2,25,26,27,32)/t15-,16+/m0/s1. The van der Waals surface area contributed by atoms with Crippen LogP contribution in [0.2, 0.25) is 0 Å². The summed E-state index contributed by atoms with van der Waals surface area (Å²) in [4.78, 5) is 36.0. The number of amides is 2. The van der Waals surface area contributed by atoms with Crippen molar-refractivity contribution in [3.05, 3.63) is 29.5 Å². The Hall–Kier alpha value is -3.80. The Morgan fingerprint density at radius 2 is 2.00 bits per heavy atom. The monoisotopic (exact) mass is 503 g/mol. The lowest BCUT2D eigenvalue weighted by atomic mass is 10.0. The van der Waals surface area contributed by atoms with Gasteiger partial charge in [-0.2, -0.15) is 5.10 Å². The third-order valence-electron chi connectivity index (χ3n) is 6.18. The van der Waals surface area contributed by atoms with E-state index in [1.54, 1.807) is 13.1 Å². The molecule has 1 saturated carbocycles. The highest BCUT2D eigenvalue weighted by Crippen LogP contribution is 2.36. The Bertz CT molecular complexity index is 1070. The molecule has 0 bridgehead atoms. The number of hydrazine groups is 1. The van der Waals surface area contributed by atoms with Gasteiger partial charge in [0.2, 0.25) is 0 Å². The number of phenolic OH excluding ortho intramolecular Hbond substituents is 1. The third-order valence-corrected chi connectivity index (χ3v) is 6.18. The molecule has 1 aliphatic rings. The average Bonchev–Trinajstić information content (AvgIpc) is 3.52. The lowest BCUT2D eigenvalue weighted by Gasteiger charge is -2.30. The number of carbonyl (C=O) groups is 3. The zero-order valence-corrected chi connectivity index (χ0v) is 20.9. The van der Waals surface area contributed by atoms with E-state index in [9.17, 15) is 19.5 Å². The number of benzene rings is 1. The minimum Gasteiger partial charge on any atom is -0.507 e. The van der Waals surface area contributed by atoms with Crippen LogP contribution < -0.4 is 14.8 Å². The number of anilines is 1. The largest absolute Gasteiger partial charge is 0.507 e. The fourth-order valence-electron chi connectivity index (χ4n) is 4.19. The first kappa shape index (κ1) is 26.8. The molecule has 3 N–H and O–H groups in total. The molecule has 0 spiro atoms. The summed E-state index contributed by atoms with van der Waals surface area (Å²) >= 11 is 0. The summed E-state index contributed by atoms with van der Waals surface area (Å²) in [7, 11) is 3.11. The number of ether oxygens (including phenoxy) is 3. The van der Waals surface area contributed by atoms with E-state index in [4.69, 9.17) is 14.2 Å². The number of aromatic nitrogens is 2. The zero-order valence-electron chi connectivity index (χ0n) is 20.9. The number of rotatable bonds is 11. The van der Waals surface area contributed by atoms with Crippen molar-refractivity contribution < 1.29 is 33.7 Å². The van der Waals surface area contributed by atoms with Gasteiger partial charge in [-0.1, -0.05) is 13.8 Å². The van der Waals surface area contributed by atoms with Gasteiger partial charge in [-0.25, -0.2) is 14.8 Å². The molecule has 12 nitrogen and oxygen atoms in total. The van der Waals surface area contributed by atoms with E-state index in [2.05, 4.69) is 15.5 Å². The molecule has 36 heavy (non-hydrogen) atoms. The first-order chi connectivity index (χ1) is 17.3. The van der Waals surface area contributed by atoms with Crippen molar-refractivity contribution in [1.82, 2.24) is 20.2 Å². The van der Waals surface area contributed by atoms with Crippen LogP contribution in [0.25, 0.3) is 0 Å². The maximum Gasteiger partial charge on any atom is 0.424 e. The second-order valence-corrected chi connectivity index (χ2v) is 8.40. The molecular formula is C24H33N5O7. The van der Waals surface area contributed by atoms with Gasteiger partial charge in [-0.15, -0.1) is 0 Å². The van der Waals surface area contributed by atoms with Gasteiger partial charge in [-0.05, 0) is 19.3 Å². The molecule has 1 fully saturated rings. The van der Waals surface area contributed by atoms with Gasteiger partial charge in [0.25, 0.3) is 5.91 Å². The second kappa shape index (κ2) is 12.2. The van der Waals surface area contributed by atoms with Gasteiger partial charge in [-0.3, -0.25) is 14.7 Å². The van der Waals surface area contributed by atoms with Crippen LogP contribution >= 0.6 is 0 Å². The molecule has 1 aromatic heterocycles.